The Labute approximate surface area is 177 Å². The minimum Gasteiger partial charge on any atom is -0.494 e. The van der Waals surface area contributed by atoms with Crippen LogP contribution in [0.1, 0.15) is 35.2 Å². The molecule has 1 saturated heterocycles. The van der Waals surface area contributed by atoms with Crippen molar-refractivity contribution in [3.8, 4) is 5.75 Å². The van der Waals surface area contributed by atoms with Gasteiger partial charge in [0.05, 0.1) is 24.3 Å². The van der Waals surface area contributed by atoms with Crippen molar-refractivity contribution in [1.29, 1.82) is 0 Å². The molecular formula is C25H28N2O3. The number of amides is 1. The molecule has 3 aromatic rings. The van der Waals surface area contributed by atoms with E-state index in [2.05, 4.69) is 4.98 Å². The predicted octanol–water partition coefficient (Wildman–Crippen LogP) is 4.23. The van der Waals surface area contributed by atoms with Crippen LogP contribution in [0.5, 0.6) is 5.75 Å². The summed E-state index contributed by atoms with van der Waals surface area (Å²) in [5, 5.41) is 11.1. The number of carbonyl (C=O) groups excluding carboxylic acids is 1. The summed E-state index contributed by atoms with van der Waals surface area (Å²) in [6.07, 6.45) is 4.17. The van der Waals surface area contributed by atoms with Gasteiger partial charge in [-0.2, -0.15) is 0 Å². The fraction of sp³-hybridized carbons (Fsp3) is 0.360. The zero-order valence-corrected chi connectivity index (χ0v) is 17.4. The third-order valence-corrected chi connectivity index (χ3v) is 6.06. The van der Waals surface area contributed by atoms with Gasteiger partial charge >= 0.3 is 0 Å². The number of carbonyl (C=O) groups is 1. The van der Waals surface area contributed by atoms with Gasteiger partial charge in [0, 0.05) is 30.1 Å². The summed E-state index contributed by atoms with van der Waals surface area (Å²) in [5.41, 5.74) is 2.28. The first-order chi connectivity index (χ1) is 14.6. The Bertz CT molecular complexity index is 1020. The number of likely N-dealkylation sites (tertiary alicyclic amines) is 1. The molecule has 1 amide bonds. The van der Waals surface area contributed by atoms with Gasteiger partial charge in [0.2, 0.25) is 0 Å². The van der Waals surface area contributed by atoms with E-state index in [-0.39, 0.29) is 17.9 Å². The number of aliphatic hydroxyl groups is 1. The molecule has 0 unspecified atom stereocenters. The summed E-state index contributed by atoms with van der Waals surface area (Å²) in [6.45, 7) is 3.83. The highest BCUT2D eigenvalue weighted by Crippen LogP contribution is 2.34. The lowest BCUT2D eigenvalue weighted by Crippen LogP contribution is -2.48. The first-order valence-corrected chi connectivity index (χ1v) is 10.5. The number of aromatic nitrogens is 1. The lowest BCUT2D eigenvalue weighted by atomic mass is 9.78. The van der Waals surface area contributed by atoms with Crippen LogP contribution in [0.4, 0.5) is 0 Å². The van der Waals surface area contributed by atoms with Gasteiger partial charge in [0.15, 0.2) is 0 Å². The van der Waals surface area contributed by atoms with E-state index in [0.29, 0.717) is 31.7 Å². The van der Waals surface area contributed by atoms with Crippen LogP contribution in [0.15, 0.2) is 60.8 Å². The Morgan fingerprint density at radius 3 is 2.83 bits per heavy atom. The van der Waals surface area contributed by atoms with Crippen LogP contribution < -0.4 is 4.74 Å². The van der Waals surface area contributed by atoms with E-state index in [9.17, 15) is 9.90 Å². The number of piperidine rings is 1. The lowest BCUT2D eigenvalue weighted by molar-refractivity contribution is 0.0157. The molecule has 0 saturated carbocycles. The lowest BCUT2D eigenvalue weighted by Gasteiger charge is -2.42. The number of ether oxygens (including phenoxy) is 1. The molecular weight excluding hydrogens is 376 g/mol. The molecule has 30 heavy (non-hydrogen) atoms. The fourth-order valence-corrected chi connectivity index (χ4v) is 4.31. The van der Waals surface area contributed by atoms with Crippen LogP contribution in [-0.4, -0.2) is 47.2 Å². The Hall–Kier alpha value is -2.92. The second-order valence-corrected chi connectivity index (χ2v) is 8.28. The van der Waals surface area contributed by atoms with Gasteiger partial charge in [-0.25, -0.2) is 0 Å². The molecule has 156 valence electrons. The van der Waals surface area contributed by atoms with E-state index in [0.717, 1.165) is 35.1 Å². The molecule has 0 spiro atoms. The molecule has 2 heterocycles. The third kappa shape index (κ3) is 4.31. The van der Waals surface area contributed by atoms with E-state index in [1.54, 1.807) is 12.3 Å². The summed E-state index contributed by atoms with van der Waals surface area (Å²) in [4.78, 5) is 19.7. The number of fused-ring (bicyclic) bond motifs is 1. The van der Waals surface area contributed by atoms with Crippen LogP contribution in [0, 0.1) is 12.3 Å². The Balaban J connectivity index is 1.49. The van der Waals surface area contributed by atoms with Crippen molar-refractivity contribution < 1.29 is 14.6 Å². The molecule has 1 aliphatic rings. The molecule has 4 rings (SSSR count). The number of nitrogens with zero attached hydrogens (tertiary/aromatic N) is 2. The van der Waals surface area contributed by atoms with Crippen molar-refractivity contribution >= 4 is 16.8 Å². The number of hydrogen-bond donors (Lipinski definition) is 1. The Morgan fingerprint density at radius 2 is 2.03 bits per heavy atom. The van der Waals surface area contributed by atoms with Crippen LogP contribution in [0.25, 0.3) is 10.9 Å². The Morgan fingerprint density at radius 1 is 1.20 bits per heavy atom. The van der Waals surface area contributed by atoms with Crippen molar-refractivity contribution in [2.45, 2.75) is 26.2 Å². The van der Waals surface area contributed by atoms with Gasteiger partial charge in [0.1, 0.15) is 5.75 Å². The van der Waals surface area contributed by atoms with Crippen molar-refractivity contribution in [3.05, 3.63) is 71.9 Å². The zero-order valence-electron chi connectivity index (χ0n) is 17.4. The fourth-order valence-electron chi connectivity index (χ4n) is 4.31. The summed E-state index contributed by atoms with van der Waals surface area (Å²) < 4.78 is 5.86. The standard InChI is InChI=1S/C25H28N2O3/c1-19-8-9-23-22(16-19)21(10-13-26-23)24(29)27-14-5-11-25(17-27,18-28)12-15-30-20-6-3-2-4-7-20/h2-4,6-10,13,16,28H,5,11-12,14-15,17-18H2,1H3/t25-/m1/s1. The second kappa shape index (κ2) is 8.84. The number of aliphatic hydroxyl groups excluding tert-OH is 1. The second-order valence-electron chi connectivity index (χ2n) is 8.28. The third-order valence-electron chi connectivity index (χ3n) is 6.06. The summed E-state index contributed by atoms with van der Waals surface area (Å²) in [7, 11) is 0. The summed E-state index contributed by atoms with van der Waals surface area (Å²) >= 11 is 0. The molecule has 0 bridgehead atoms. The van der Waals surface area contributed by atoms with E-state index in [1.165, 1.54) is 0 Å². The van der Waals surface area contributed by atoms with E-state index in [1.807, 2.05) is 60.4 Å². The normalized spacial score (nSPS) is 19.1. The maximum atomic E-state index is 13.4. The van der Waals surface area contributed by atoms with E-state index >= 15 is 0 Å². The predicted molar refractivity (Wildman–Crippen MR) is 118 cm³/mol. The van der Waals surface area contributed by atoms with Crippen molar-refractivity contribution in [3.63, 3.8) is 0 Å². The van der Waals surface area contributed by atoms with Crippen LogP contribution in [-0.2, 0) is 0 Å². The highest BCUT2D eigenvalue weighted by atomic mass is 16.5. The number of rotatable bonds is 6. The number of aryl methyl sites for hydroxylation is 1. The van der Waals surface area contributed by atoms with Gasteiger partial charge in [-0.3, -0.25) is 9.78 Å². The molecule has 1 atom stereocenters. The molecule has 5 nitrogen and oxygen atoms in total. The van der Waals surface area contributed by atoms with Crippen molar-refractivity contribution in [1.82, 2.24) is 9.88 Å². The largest absolute Gasteiger partial charge is 0.494 e. The molecule has 5 heteroatoms. The number of para-hydroxylation sites is 1. The molecule has 1 aliphatic heterocycles. The molecule has 0 radical (unpaired) electrons. The highest BCUT2D eigenvalue weighted by Gasteiger charge is 2.37. The number of pyridine rings is 1. The maximum absolute atomic E-state index is 13.4. The monoisotopic (exact) mass is 404 g/mol. The van der Waals surface area contributed by atoms with Gasteiger partial charge in [-0.05, 0) is 56.5 Å². The minimum absolute atomic E-state index is 0.00880. The average molecular weight is 405 g/mol. The summed E-state index contributed by atoms with van der Waals surface area (Å²) in [5.74, 6) is 0.836. The molecule has 2 aromatic carbocycles. The average Bonchev–Trinajstić information content (AvgIpc) is 2.79. The van der Waals surface area contributed by atoms with Crippen molar-refractivity contribution in [2.75, 3.05) is 26.3 Å². The topological polar surface area (TPSA) is 62.7 Å². The van der Waals surface area contributed by atoms with Crippen LogP contribution in [0.2, 0.25) is 0 Å². The molecule has 0 aliphatic carbocycles. The smallest absolute Gasteiger partial charge is 0.254 e. The summed E-state index contributed by atoms with van der Waals surface area (Å²) in [6, 6.07) is 17.5. The number of benzene rings is 2. The Kier molecular flexibility index (Phi) is 6.00. The maximum Gasteiger partial charge on any atom is 0.254 e. The first kappa shape index (κ1) is 20.4. The van der Waals surface area contributed by atoms with Crippen LogP contribution >= 0.6 is 0 Å². The van der Waals surface area contributed by atoms with Gasteiger partial charge in [-0.1, -0.05) is 29.8 Å². The highest BCUT2D eigenvalue weighted by molar-refractivity contribution is 6.06. The molecule has 1 N–H and O–H groups in total. The first-order valence-electron chi connectivity index (χ1n) is 10.5. The van der Waals surface area contributed by atoms with E-state index in [4.69, 9.17) is 4.74 Å². The van der Waals surface area contributed by atoms with Gasteiger partial charge < -0.3 is 14.7 Å². The van der Waals surface area contributed by atoms with Gasteiger partial charge in [0.25, 0.3) is 5.91 Å². The minimum atomic E-state index is -0.332. The SMILES string of the molecule is Cc1ccc2nccc(C(=O)N3CCC[C@@](CO)(CCOc4ccccc4)C3)c2c1. The molecule has 1 aromatic heterocycles. The quantitative estimate of drug-likeness (QED) is 0.668. The van der Waals surface area contributed by atoms with Gasteiger partial charge in [-0.15, -0.1) is 0 Å². The number of hydrogen-bond acceptors (Lipinski definition) is 4. The van der Waals surface area contributed by atoms with Crippen molar-refractivity contribution in [2.24, 2.45) is 5.41 Å². The zero-order chi connectivity index (χ0) is 21.0. The molecule has 1 fully saturated rings. The van der Waals surface area contributed by atoms with E-state index < -0.39 is 0 Å². The van der Waals surface area contributed by atoms with Crippen LogP contribution in [0.3, 0.4) is 0 Å².